The number of methoxy groups -OCH3 is 1. The molecule has 0 aliphatic carbocycles. The number of ether oxygens (including phenoxy) is 1. The highest BCUT2D eigenvalue weighted by atomic mass is 16.5. The lowest BCUT2D eigenvalue weighted by Crippen LogP contribution is -2.26. The molecule has 1 atom stereocenters. The second kappa shape index (κ2) is 11.3. The van der Waals surface area contributed by atoms with E-state index in [1.165, 1.54) is 0 Å². The largest absolute Gasteiger partial charge is 0.386 e. The van der Waals surface area contributed by atoms with Crippen molar-refractivity contribution in [2.45, 2.75) is 19.9 Å². The zero-order chi connectivity index (χ0) is 14.5. The van der Waals surface area contributed by atoms with Crippen molar-refractivity contribution in [1.29, 1.82) is 5.41 Å². The van der Waals surface area contributed by atoms with Crippen LogP contribution in [0.3, 0.4) is 0 Å². The van der Waals surface area contributed by atoms with Crippen LogP contribution < -0.4 is 5.32 Å². The van der Waals surface area contributed by atoms with Crippen molar-refractivity contribution >= 4 is 25.0 Å². The lowest BCUT2D eigenvalue weighted by atomic mass is 10.2. The number of nitrogens with one attached hydrogen (secondary N) is 2. The first-order valence-electron chi connectivity index (χ1n) is 6.06. The molecule has 0 heterocycles. The van der Waals surface area contributed by atoms with E-state index in [9.17, 15) is 0 Å². The number of nitrogens with zero attached hydrogens (tertiary/aromatic N) is 3. The molecule has 0 rings (SSSR count). The SMILES string of the molecule is C=NCC/N=C/C(=N/C=N)C(/C)=C/N[C@H](C)COC. The topological polar surface area (TPSA) is 82.2 Å². The summed E-state index contributed by atoms with van der Waals surface area (Å²) >= 11 is 0. The minimum Gasteiger partial charge on any atom is -0.386 e. The molecule has 0 unspecified atom stereocenters. The summed E-state index contributed by atoms with van der Waals surface area (Å²) in [5, 5.41) is 10.2. The van der Waals surface area contributed by atoms with Gasteiger partial charge in [0.05, 0.1) is 25.4 Å². The fourth-order valence-corrected chi connectivity index (χ4v) is 1.23. The van der Waals surface area contributed by atoms with Crippen LogP contribution in [0.15, 0.2) is 26.8 Å². The average molecular weight is 265 g/mol. The fourth-order valence-electron chi connectivity index (χ4n) is 1.23. The van der Waals surface area contributed by atoms with Crippen molar-refractivity contribution in [2.24, 2.45) is 15.0 Å². The Morgan fingerprint density at radius 2 is 2.21 bits per heavy atom. The molecular formula is C13H23N5O. The first-order valence-corrected chi connectivity index (χ1v) is 6.06. The minimum atomic E-state index is 0.211. The van der Waals surface area contributed by atoms with Crippen LogP contribution >= 0.6 is 0 Å². The summed E-state index contributed by atoms with van der Waals surface area (Å²) in [6.45, 7) is 9.10. The smallest absolute Gasteiger partial charge is 0.107 e. The van der Waals surface area contributed by atoms with E-state index in [0.29, 0.717) is 25.4 Å². The molecule has 0 aromatic carbocycles. The second-order valence-electron chi connectivity index (χ2n) is 3.98. The summed E-state index contributed by atoms with van der Waals surface area (Å²) in [7, 11) is 1.66. The first kappa shape index (κ1) is 17.2. The lowest BCUT2D eigenvalue weighted by Gasteiger charge is -2.11. The van der Waals surface area contributed by atoms with Crippen molar-refractivity contribution < 1.29 is 4.74 Å². The Morgan fingerprint density at radius 3 is 2.79 bits per heavy atom. The number of aliphatic imine (C=N–C) groups is 3. The van der Waals surface area contributed by atoms with E-state index in [0.717, 1.165) is 11.9 Å². The molecule has 0 amide bonds. The van der Waals surface area contributed by atoms with Gasteiger partial charge in [-0.15, -0.1) is 0 Å². The van der Waals surface area contributed by atoms with Crippen LogP contribution in [-0.4, -0.2) is 57.8 Å². The van der Waals surface area contributed by atoms with Crippen LogP contribution in [0.5, 0.6) is 0 Å². The molecule has 19 heavy (non-hydrogen) atoms. The van der Waals surface area contributed by atoms with E-state index in [4.69, 9.17) is 10.1 Å². The quantitative estimate of drug-likeness (QED) is 0.355. The maximum absolute atomic E-state index is 7.06. The van der Waals surface area contributed by atoms with Crippen LogP contribution in [0.1, 0.15) is 13.8 Å². The van der Waals surface area contributed by atoms with Gasteiger partial charge in [-0.05, 0) is 26.1 Å². The Labute approximate surface area is 114 Å². The zero-order valence-corrected chi connectivity index (χ0v) is 11.9. The van der Waals surface area contributed by atoms with Gasteiger partial charge >= 0.3 is 0 Å². The third kappa shape index (κ3) is 8.84. The van der Waals surface area contributed by atoms with Gasteiger partial charge in [-0.1, -0.05) is 0 Å². The molecule has 106 valence electrons. The van der Waals surface area contributed by atoms with Gasteiger partial charge in [0.1, 0.15) is 6.34 Å². The highest BCUT2D eigenvalue weighted by Crippen LogP contribution is 1.95. The Bertz CT molecular complexity index is 360. The van der Waals surface area contributed by atoms with Crippen molar-refractivity contribution in [3.63, 3.8) is 0 Å². The molecule has 0 bridgehead atoms. The summed E-state index contributed by atoms with van der Waals surface area (Å²) in [5.41, 5.74) is 1.55. The third-order valence-electron chi connectivity index (χ3n) is 2.21. The Morgan fingerprint density at radius 1 is 1.47 bits per heavy atom. The summed E-state index contributed by atoms with van der Waals surface area (Å²) in [4.78, 5) is 11.9. The monoisotopic (exact) mass is 265 g/mol. The van der Waals surface area contributed by atoms with E-state index >= 15 is 0 Å². The van der Waals surface area contributed by atoms with Gasteiger partial charge in [0.15, 0.2) is 0 Å². The summed E-state index contributed by atoms with van der Waals surface area (Å²) < 4.78 is 5.03. The fraction of sp³-hybridized carbons (Fsp3) is 0.538. The van der Waals surface area contributed by atoms with Crippen molar-refractivity contribution in [1.82, 2.24) is 5.32 Å². The lowest BCUT2D eigenvalue weighted by molar-refractivity contribution is 0.177. The zero-order valence-electron chi connectivity index (χ0n) is 11.9. The Balaban J connectivity index is 4.56. The number of allylic oxidation sites excluding steroid dienone is 1. The predicted octanol–water partition coefficient (Wildman–Crippen LogP) is 1.33. The van der Waals surface area contributed by atoms with Crippen LogP contribution in [0, 0.1) is 5.41 Å². The van der Waals surface area contributed by atoms with Gasteiger partial charge in [0, 0.05) is 25.6 Å². The standard InChI is InChI=1S/C13H23N5O/c1-11(7-17-12(2)9-19-4)13(18-10-14)8-16-6-5-15-3/h7-8,10,12,14,17H,3,5-6,9H2,1-2,4H3/b11-7+,14-10?,16-8+,18-13-/t12-/m1/s1. The van der Waals surface area contributed by atoms with E-state index < -0.39 is 0 Å². The molecule has 0 saturated heterocycles. The molecule has 0 radical (unpaired) electrons. The minimum absolute atomic E-state index is 0.211. The van der Waals surface area contributed by atoms with Crippen LogP contribution in [0.2, 0.25) is 0 Å². The van der Waals surface area contributed by atoms with E-state index in [1.54, 1.807) is 13.3 Å². The van der Waals surface area contributed by atoms with Gasteiger partial charge < -0.3 is 10.1 Å². The molecule has 0 aromatic rings. The van der Waals surface area contributed by atoms with Gasteiger partial charge in [0.25, 0.3) is 0 Å². The highest BCUT2D eigenvalue weighted by Gasteiger charge is 2.00. The number of rotatable bonds is 10. The normalized spacial score (nSPS) is 14.5. The van der Waals surface area contributed by atoms with Crippen molar-refractivity contribution in [3.8, 4) is 0 Å². The van der Waals surface area contributed by atoms with E-state index in [1.807, 2.05) is 20.0 Å². The molecule has 0 aliphatic rings. The molecule has 0 spiro atoms. The third-order valence-corrected chi connectivity index (χ3v) is 2.21. The molecule has 6 heteroatoms. The van der Waals surface area contributed by atoms with Crippen LogP contribution in [0.4, 0.5) is 0 Å². The molecule has 0 aliphatic heterocycles. The molecule has 6 nitrogen and oxygen atoms in total. The average Bonchev–Trinajstić information content (AvgIpc) is 2.40. The number of hydrogen-bond acceptors (Lipinski definition) is 5. The molecule has 0 aromatic heterocycles. The van der Waals surface area contributed by atoms with Crippen LogP contribution in [0.25, 0.3) is 0 Å². The summed E-state index contributed by atoms with van der Waals surface area (Å²) in [6.07, 6.45) is 4.50. The first-order chi connectivity index (χ1) is 9.15. The molecule has 2 N–H and O–H groups in total. The highest BCUT2D eigenvalue weighted by molar-refractivity contribution is 6.39. The van der Waals surface area contributed by atoms with Crippen molar-refractivity contribution in [2.75, 3.05) is 26.8 Å². The Hall–Kier alpha value is -1.82. The van der Waals surface area contributed by atoms with Gasteiger partial charge in [0.2, 0.25) is 0 Å². The summed E-state index contributed by atoms with van der Waals surface area (Å²) in [5.74, 6) is 0. The Kier molecular flexibility index (Phi) is 10.2. The predicted molar refractivity (Wildman–Crippen MR) is 82.2 cm³/mol. The molecule has 0 saturated carbocycles. The van der Waals surface area contributed by atoms with Gasteiger partial charge in [-0.3, -0.25) is 15.4 Å². The second-order valence-corrected chi connectivity index (χ2v) is 3.98. The molecular weight excluding hydrogens is 242 g/mol. The van der Waals surface area contributed by atoms with Crippen LogP contribution in [-0.2, 0) is 4.74 Å². The van der Waals surface area contributed by atoms with E-state index in [2.05, 4.69) is 27.0 Å². The summed E-state index contributed by atoms with van der Waals surface area (Å²) in [6, 6.07) is 0.211. The number of hydrogen-bond donors (Lipinski definition) is 2. The van der Waals surface area contributed by atoms with Crippen molar-refractivity contribution in [3.05, 3.63) is 11.8 Å². The maximum atomic E-state index is 7.06. The maximum Gasteiger partial charge on any atom is 0.107 e. The van der Waals surface area contributed by atoms with Gasteiger partial charge in [-0.2, -0.15) is 0 Å². The van der Waals surface area contributed by atoms with Gasteiger partial charge in [-0.25, -0.2) is 4.99 Å². The van der Waals surface area contributed by atoms with E-state index in [-0.39, 0.29) is 6.04 Å². The molecule has 0 fully saturated rings.